The van der Waals surface area contributed by atoms with Crippen LogP contribution in [-0.2, 0) is 21.2 Å². The van der Waals surface area contributed by atoms with E-state index >= 15 is 0 Å². The van der Waals surface area contributed by atoms with Gasteiger partial charge >= 0.3 is 0 Å². The molecule has 0 unspecified atom stereocenters. The Morgan fingerprint density at radius 3 is 2.48 bits per heavy atom. The summed E-state index contributed by atoms with van der Waals surface area (Å²) in [6, 6.07) is 7.52. The molecule has 1 aliphatic rings. The Kier molecular flexibility index (Phi) is 6.68. The number of sulfonamides is 1. The summed E-state index contributed by atoms with van der Waals surface area (Å²) in [7, 11) is -3.71. The molecule has 0 spiro atoms. The number of hydrogen-bond donors (Lipinski definition) is 2. The van der Waals surface area contributed by atoms with E-state index < -0.39 is 21.8 Å². The molecule has 2 aromatic rings. The second kappa shape index (κ2) is 9.04. The highest BCUT2D eigenvalue weighted by atomic mass is 32.2. The number of hydrazine groups is 1. The number of benzene rings is 1. The van der Waals surface area contributed by atoms with E-state index in [0.29, 0.717) is 18.1 Å². The maximum Gasteiger partial charge on any atom is 0.279 e. The van der Waals surface area contributed by atoms with Crippen molar-refractivity contribution >= 4 is 33.2 Å². The maximum absolute atomic E-state index is 12.7. The lowest BCUT2D eigenvalue weighted by Gasteiger charge is -2.26. The number of hydrogen-bond acceptors (Lipinski definition) is 6. The van der Waals surface area contributed by atoms with Gasteiger partial charge in [-0.2, -0.15) is 4.31 Å². The summed E-state index contributed by atoms with van der Waals surface area (Å²) in [5.74, 6) is -1.01. The zero-order valence-corrected chi connectivity index (χ0v) is 17.9. The number of carbonyl (C=O) groups excluding carboxylic acids is 2. The van der Waals surface area contributed by atoms with Crippen molar-refractivity contribution in [2.24, 2.45) is 0 Å². The number of aryl methyl sites for hydroxylation is 2. The molecule has 0 radical (unpaired) electrons. The number of nitrogens with zero attached hydrogens (tertiary/aromatic N) is 1. The van der Waals surface area contributed by atoms with E-state index in [1.807, 2.05) is 13.8 Å². The van der Waals surface area contributed by atoms with Crippen LogP contribution in [-0.4, -0.2) is 50.8 Å². The van der Waals surface area contributed by atoms with Gasteiger partial charge in [-0.3, -0.25) is 20.4 Å². The van der Waals surface area contributed by atoms with Gasteiger partial charge in [0, 0.05) is 23.5 Å². The molecule has 2 heterocycles. The quantitative estimate of drug-likeness (QED) is 0.693. The van der Waals surface area contributed by atoms with Crippen LogP contribution < -0.4 is 10.9 Å². The van der Waals surface area contributed by atoms with Gasteiger partial charge in [0.2, 0.25) is 10.0 Å². The van der Waals surface area contributed by atoms with Crippen LogP contribution in [0.3, 0.4) is 0 Å². The van der Waals surface area contributed by atoms with Crippen LogP contribution in [0.5, 0.6) is 0 Å². The van der Waals surface area contributed by atoms with Crippen LogP contribution in [0.2, 0.25) is 0 Å². The van der Waals surface area contributed by atoms with E-state index in [2.05, 4.69) is 10.9 Å². The van der Waals surface area contributed by atoms with Gasteiger partial charge < -0.3 is 4.74 Å². The fourth-order valence-corrected chi connectivity index (χ4v) is 5.43. The van der Waals surface area contributed by atoms with E-state index in [-0.39, 0.29) is 23.5 Å². The normalized spacial score (nSPS) is 15.1. The average Bonchev–Trinajstić information content (AvgIpc) is 3.13. The Morgan fingerprint density at radius 2 is 1.83 bits per heavy atom. The van der Waals surface area contributed by atoms with Gasteiger partial charge in [-0.15, -0.1) is 11.3 Å². The van der Waals surface area contributed by atoms with Crippen LogP contribution in [0.1, 0.15) is 37.4 Å². The molecular formula is C19H23N3O5S2. The molecule has 1 aromatic carbocycles. The summed E-state index contributed by atoms with van der Waals surface area (Å²) in [6.45, 7) is 5.18. The average molecular weight is 438 g/mol. The van der Waals surface area contributed by atoms with Crippen molar-refractivity contribution in [3.63, 3.8) is 0 Å². The molecule has 10 heteroatoms. The standard InChI is InChI=1S/C19H23N3O5S2/c1-3-16-13(2)11-17(28-16)19(24)21-20-18(23)14-5-4-6-15(12-14)29(25,26)22-7-9-27-10-8-22/h4-6,11-12H,3,7-10H2,1-2H3,(H,20,23)(H,21,24). The SMILES string of the molecule is CCc1sc(C(=O)NNC(=O)c2cccc(S(=O)(=O)N3CCOCC3)c2)cc1C. The molecule has 29 heavy (non-hydrogen) atoms. The van der Waals surface area contributed by atoms with Crippen molar-refractivity contribution in [3.05, 3.63) is 51.2 Å². The van der Waals surface area contributed by atoms with Crippen molar-refractivity contribution in [3.8, 4) is 0 Å². The molecule has 0 aliphatic carbocycles. The smallest absolute Gasteiger partial charge is 0.279 e. The lowest BCUT2D eigenvalue weighted by Crippen LogP contribution is -2.42. The zero-order valence-electron chi connectivity index (χ0n) is 16.2. The Bertz CT molecular complexity index is 1010. The van der Waals surface area contributed by atoms with Crippen LogP contribution in [0.4, 0.5) is 0 Å². The van der Waals surface area contributed by atoms with Crippen LogP contribution in [0.25, 0.3) is 0 Å². The molecule has 1 fully saturated rings. The molecule has 2 amide bonds. The molecule has 156 valence electrons. The van der Waals surface area contributed by atoms with Gasteiger partial charge in [-0.25, -0.2) is 8.42 Å². The third kappa shape index (κ3) is 4.84. The lowest BCUT2D eigenvalue weighted by atomic mass is 10.2. The number of morpholine rings is 1. The number of carbonyl (C=O) groups is 2. The minimum absolute atomic E-state index is 0.0276. The zero-order chi connectivity index (χ0) is 21.0. The second-order valence-corrected chi connectivity index (χ2v) is 9.60. The molecule has 1 saturated heterocycles. The van der Waals surface area contributed by atoms with Crippen molar-refractivity contribution in [2.75, 3.05) is 26.3 Å². The largest absolute Gasteiger partial charge is 0.379 e. The molecule has 3 rings (SSSR count). The van der Waals surface area contributed by atoms with Gasteiger partial charge in [-0.05, 0) is 43.2 Å². The first-order valence-electron chi connectivity index (χ1n) is 9.21. The number of amides is 2. The second-order valence-electron chi connectivity index (χ2n) is 6.52. The molecule has 1 aliphatic heterocycles. The predicted molar refractivity (Wildman–Crippen MR) is 109 cm³/mol. The van der Waals surface area contributed by atoms with Gasteiger partial charge in [0.15, 0.2) is 0 Å². The molecule has 2 N–H and O–H groups in total. The summed E-state index contributed by atoms with van der Waals surface area (Å²) < 4.78 is 32.0. The van der Waals surface area contributed by atoms with Crippen molar-refractivity contribution < 1.29 is 22.7 Å². The maximum atomic E-state index is 12.7. The number of rotatable bonds is 5. The predicted octanol–water partition coefficient (Wildman–Crippen LogP) is 1.71. The van der Waals surface area contributed by atoms with E-state index in [1.54, 1.807) is 6.07 Å². The van der Waals surface area contributed by atoms with E-state index in [1.165, 1.54) is 39.9 Å². The van der Waals surface area contributed by atoms with Crippen LogP contribution in [0, 0.1) is 6.92 Å². The Morgan fingerprint density at radius 1 is 1.14 bits per heavy atom. The Labute approximate surface area is 173 Å². The molecule has 0 bridgehead atoms. The van der Waals surface area contributed by atoms with Gasteiger partial charge in [0.05, 0.1) is 23.0 Å². The van der Waals surface area contributed by atoms with Gasteiger partial charge in [0.1, 0.15) is 0 Å². The van der Waals surface area contributed by atoms with E-state index in [0.717, 1.165) is 16.9 Å². The molecule has 0 saturated carbocycles. The summed E-state index contributed by atoms with van der Waals surface area (Å²) in [4.78, 5) is 26.3. The van der Waals surface area contributed by atoms with Crippen molar-refractivity contribution in [1.29, 1.82) is 0 Å². The first kappa shape index (κ1) is 21.4. The highest BCUT2D eigenvalue weighted by Crippen LogP contribution is 2.22. The Hall–Kier alpha value is -2.27. The third-order valence-corrected chi connectivity index (χ3v) is 7.83. The van der Waals surface area contributed by atoms with Crippen molar-refractivity contribution in [2.45, 2.75) is 25.2 Å². The van der Waals surface area contributed by atoms with Gasteiger partial charge in [-0.1, -0.05) is 13.0 Å². The molecule has 8 nitrogen and oxygen atoms in total. The molecular weight excluding hydrogens is 414 g/mol. The molecule has 1 aromatic heterocycles. The van der Waals surface area contributed by atoms with E-state index in [4.69, 9.17) is 4.74 Å². The van der Waals surface area contributed by atoms with Crippen LogP contribution in [0.15, 0.2) is 35.2 Å². The van der Waals surface area contributed by atoms with Gasteiger partial charge in [0.25, 0.3) is 11.8 Å². The number of ether oxygens (including phenoxy) is 1. The highest BCUT2D eigenvalue weighted by Gasteiger charge is 2.27. The fraction of sp³-hybridized carbons (Fsp3) is 0.368. The summed E-state index contributed by atoms with van der Waals surface area (Å²) in [6.07, 6.45) is 0.834. The number of thiophene rings is 1. The third-order valence-electron chi connectivity index (χ3n) is 4.56. The van der Waals surface area contributed by atoms with E-state index in [9.17, 15) is 18.0 Å². The minimum Gasteiger partial charge on any atom is -0.379 e. The topological polar surface area (TPSA) is 105 Å². The summed E-state index contributed by atoms with van der Waals surface area (Å²) in [5.41, 5.74) is 5.89. The minimum atomic E-state index is -3.71. The first-order chi connectivity index (χ1) is 13.8. The summed E-state index contributed by atoms with van der Waals surface area (Å²) in [5, 5.41) is 0. The Balaban J connectivity index is 1.68. The number of nitrogens with one attached hydrogen (secondary N) is 2. The molecule has 0 atom stereocenters. The van der Waals surface area contributed by atoms with Crippen LogP contribution >= 0.6 is 11.3 Å². The monoisotopic (exact) mass is 437 g/mol. The highest BCUT2D eigenvalue weighted by molar-refractivity contribution is 7.89. The summed E-state index contributed by atoms with van der Waals surface area (Å²) >= 11 is 1.38. The fourth-order valence-electron chi connectivity index (χ4n) is 2.96. The first-order valence-corrected chi connectivity index (χ1v) is 11.5. The lowest BCUT2D eigenvalue weighted by molar-refractivity contribution is 0.0730. The van der Waals surface area contributed by atoms with Crippen molar-refractivity contribution in [1.82, 2.24) is 15.2 Å².